The number of hydrogen-bond donors (Lipinski definition) is 2. The minimum Gasteiger partial charge on any atom is -0.497 e. The zero-order chi connectivity index (χ0) is 21.3. The summed E-state index contributed by atoms with van der Waals surface area (Å²) in [5.74, 6) is -0.957. The maximum absolute atomic E-state index is 12.6. The number of carbonyl (C=O) groups excluding carboxylic acids is 3. The van der Waals surface area contributed by atoms with Crippen molar-refractivity contribution in [3.05, 3.63) is 90.0 Å². The molecule has 0 bridgehead atoms. The van der Waals surface area contributed by atoms with Crippen molar-refractivity contribution >= 4 is 29.2 Å². The molecule has 0 spiro atoms. The highest BCUT2D eigenvalue weighted by atomic mass is 16.5. The molecule has 0 aliphatic rings. The highest BCUT2D eigenvalue weighted by Gasteiger charge is 2.15. The first-order valence-electron chi connectivity index (χ1n) is 9.13. The summed E-state index contributed by atoms with van der Waals surface area (Å²) in [6, 6.07) is 21.9. The van der Waals surface area contributed by atoms with Gasteiger partial charge in [0.1, 0.15) is 5.75 Å². The fourth-order valence-corrected chi connectivity index (χ4v) is 2.64. The molecule has 0 radical (unpaired) electrons. The topological polar surface area (TPSA) is 93.7 Å². The second-order valence-corrected chi connectivity index (χ2v) is 6.22. The molecular formula is C23H20N2O5. The maximum Gasteiger partial charge on any atom is 0.338 e. The van der Waals surface area contributed by atoms with Crippen molar-refractivity contribution in [2.24, 2.45) is 0 Å². The van der Waals surface area contributed by atoms with Gasteiger partial charge in [0.15, 0.2) is 6.61 Å². The van der Waals surface area contributed by atoms with Crippen molar-refractivity contribution in [1.29, 1.82) is 0 Å². The van der Waals surface area contributed by atoms with Gasteiger partial charge in [-0.3, -0.25) is 9.59 Å². The van der Waals surface area contributed by atoms with Crippen LogP contribution in [0.15, 0.2) is 78.9 Å². The summed E-state index contributed by atoms with van der Waals surface area (Å²) < 4.78 is 10.1. The Kier molecular flexibility index (Phi) is 6.78. The molecule has 3 aromatic rings. The van der Waals surface area contributed by atoms with E-state index in [0.29, 0.717) is 22.7 Å². The van der Waals surface area contributed by atoms with Gasteiger partial charge in [0.25, 0.3) is 11.8 Å². The van der Waals surface area contributed by atoms with E-state index in [1.54, 1.807) is 72.8 Å². The first kappa shape index (κ1) is 20.6. The van der Waals surface area contributed by atoms with Gasteiger partial charge in [0, 0.05) is 5.69 Å². The molecule has 0 fully saturated rings. The van der Waals surface area contributed by atoms with Crippen molar-refractivity contribution in [3.63, 3.8) is 0 Å². The zero-order valence-electron chi connectivity index (χ0n) is 16.3. The summed E-state index contributed by atoms with van der Waals surface area (Å²) in [6.07, 6.45) is 0. The summed E-state index contributed by atoms with van der Waals surface area (Å²) in [7, 11) is 1.52. The molecule has 0 atom stereocenters. The van der Waals surface area contributed by atoms with Gasteiger partial charge < -0.3 is 20.1 Å². The number of carbonyl (C=O) groups is 3. The van der Waals surface area contributed by atoms with Crippen LogP contribution in [0.4, 0.5) is 11.4 Å². The van der Waals surface area contributed by atoms with Crippen LogP contribution in [0.25, 0.3) is 0 Å². The van der Waals surface area contributed by atoms with E-state index in [1.807, 2.05) is 6.07 Å². The Bertz CT molecular complexity index is 1030. The maximum atomic E-state index is 12.6. The molecule has 0 saturated carbocycles. The fourth-order valence-electron chi connectivity index (χ4n) is 2.64. The van der Waals surface area contributed by atoms with E-state index >= 15 is 0 Å². The third-order valence-corrected chi connectivity index (χ3v) is 4.14. The number of amides is 2. The van der Waals surface area contributed by atoms with E-state index in [4.69, 9.17) is 9.47 Å². The number of ether oxygens (including phenoxy) is 2. The van der Waals surface area contributed by atoms with Gasteiger partial charge in [-0.25, -0.2) is 4.79 Å². The fraction of sp³-hybridized carbons (Fsp3) is 0.0870. The van der Waals surface area contributed by atoms with Crippen molar-refractivity contribution in [2.75, 3.05) is 24.4 Å². The molecule has 0 unspecified atom stereocenters. The smallest absolute Gasteiger partial charge is 0.338 e. The lowest BCUT2D eigenvalue weighted by molar-refractivity contribution is -0.119. The van der Waals surface area contributed by atoms with E-state index < -0.39 is 18.5 Å². The Morgan fingerprint density at radius 1 is 0.800 bits per heavy atom. The summed E-state index contributed by atoms with van der Waals surface area (Å²) >= 11 is 0. The molecule has 30 heavy (non-hydrogen) atoms. The highest BCUT2D eigenvalue weighted by Crippen LogP contribution is 2.18. The summed E-state index contributed by atoms with van der Waals surface area (Å²) in [4.78, 5) is 36.9. The lowest BCUT2D eigenvalue weighted by Gasteiger charge is -2.12. The number of hydrogen-bond acceptors (Lipinski definition) is 5. The predicted octanol–water partition coefficient (Wildman–Crippen LogP) is 3.74. The van der Waals surface area contributed by atoms with Crippen LogP contribution >= 0.6 is 0 Å². The van der Waals surface area contributed by atoms with E-state index in [9.17, 15) is 14.4 Å². The Morgan fingerprint density at radius 2 is 1.47 bits per heavy atom. The van der Waals surface area contributed by atoms with Crippen LogP contribution < -0.4 is 15.4 Å². The number of para-hydroxylation sites is 2. The molecule has 0 heterocycles. The number of methoxy groups -OCH3 is 1. The van der Waals surface area contributed by atoms with E-state index in [0.717, 1.165) is 0 Å². The van der Waals surface area contributed by atoms with Gasteiger partial charge in [-0.1, -0.05) is 30.3 Å². The number of benzene rings is 3. The van der Waals surface area contributed by atoms with Crippen LogP contribution in [0.5, 0.6) is 5.75 Å². The van der Waals surface area contributed by atoms with Gasteiger partial charge >= 0.3 is 5.97 Å². The second kappa shape index (κ2) is 9.88. The lowest BCUT2D eigenvalue weighted by Crippen LogP contribution is -2.23. The normalized spacial score (nSPS) is 10.0. The molecule has 0 aliphatic heterocycles. The standard InChI is InChI=1S/C23H20N2O5/c1-29-18-13-11-16(12-14-18)23(28)30-15-21(26)25-20-10-6-5-9-19(20)22(27)24-17-7-3-2-4-8-17/h2-14H,15H2,1H3,(H,24,27)(H,25,26). The number of nitrogens with one attached hydrogen (secondary N) is 2. The zero-order valence-corrected chi connectivity index (χ0v) is 16.3. The molecule has 152 valence electrons. The number of anilines is 2. The summed E-state index contributed by atoms with van der Waals surface area (Å²) in [5, 5.41) is 5.37. The van der Waals surface area contributed by atoms with Crippen molar-refractivity contribution in [2.45, 2.75) is 0 Å². The predicted molar refractivity (Wildman–Crippen MR) is 113 cm³/mol. The Morgan fingerprint density at radius 3 is 2.17 bits per heavy atom. The molecule has 3 aromatic carbocycles. The average Bonchev–Trinajstić information content (AvgIpc) is 2.78. The molecular weight excluding hydrogens is 384 g/mol. The Hall–Kier alpha value is -4.13. The summed E-state index contributed by atoms with van der Waals surface area (Å²) in [5.41, 5.74) is 1.54. The Labute approximate surface area is 173 Å². The molecule has 7 nitrogen and oxygen atoms in total. The van der Waals surface area contributed by atoms with Crippen LogP contribution in [0.3, 0.4) is 0 Å². The van der Waals surface area contributed by atoms with Gasteiger partial charge in [-0.2, -0.15) is 0 Å². The highest BCUT2D eigenvalue weighted by molar-refractivity contribution is 6.10. The van der Waals surface area contributed by atoms with Crippen LogP contribution in [-0.2, 0) is 9.53 Å². The summed E-state index contributed by atoms with van der Waals surface area (Å²) in [6.45, 7) is -0.487. The number of esters is 1. The first-order valence-corrected chi connectivity index (χ1v) is 9.13. The van der Waals surface area contributed by atoms with Gasteiger partial charge in [-0.05, 0) is 48.5 Å². The third-order valence-electron chi connectivity index (χ3n) is 4.14. The van der Waals surface area contributed by atoms with Gasteiger partial charge in [-0.15, -0.1) is 0 Å². The molecule has 3 rings (SSSR count). The molecule has 0 aliphatic carbocycles. The van der Waals surface area contributed by atoms with E-state index in [2.05, 4.69) is 10.6 Å². The third kappa shape index (κ3) is 5.45. The van der Waals surface area contributed by atoms with Crippen molar-refractivity contribution < 1.29 is 23.9 Å². The minimum atomic E-state index is -0.636. The Balaban J connectivity index is 1.59. The molecule has 2 N–H and O–H groups in total. The van der Waals surface area contributed by atoms with Gasteiger partial charge in [0.05, 0.1) is 23.9 Å². The molecule has 7 heteroatoms. The van der Waals surface area contributed by atoms with Crippen LogP contribution in [-0.4, -0.2) is 31.5 Å². The average molecular weight is 404 g/mol. The minimum absolute atomic E-state index is 0.288. The quantitative estimate of drug-likeness (QED) is 0.585. The first-order chi connectivity index (χ1) is 14.6. The lowest BCUT2D eigenvalue weighted by atomic mass is 10.1. The van der Waals surface area contributed by atoms with E-state index in [-0.39, 0.29) is 11.5 Å². The van der Waals surface area contributed by atoms with Crippen LogP contribution in [0.1, 0.15) is 20.7 Å². The van der Waals surface area contributed by atoms with Crippen LogP contribution in [0, 0.1) is 0 Å². The molecule has 2 amide bonds. The molecule has 0 saturated heterocycles. The SMILES string of the molecule is COc1ccc(C(=O)OCC(=O)Nc2ccccc2C(=O)Nc2ccccc2)cc1. The van der Waals surface area contributed by atoms with E-state index in [1.165, 1.54) is 7.11 Å². The van der Waals surface area contributed by atoms with Gasteiger partial charge in [0.2, 0.25) is 0 Å². The van der Waals surface area contributed by atoms with Crippen molar-refractivity contribution in [3.8, 4) is 5.75 Å². The van der Waals surface area contributed by atoms with Crippen molar-refractivity contribution in [1.82, 2.24) is 0 Å². The number of rotatable bonds is 7. The van der Waals surface area contributed by atoms with Crippen LogP contribution in [0.2, 0.25) is 0 Å². The largest absolute Gasteiger partial charge is 0.497 e. The monoisotopic (exact) mass is 404 g/mol. The second-order valence-electron chi connectivity index (χ2n) is 6.22. The molecule has 0 aromatic heterocycles.